The van der Waals surface area contributed by atoms with Crippen LogP contribution in [0.4, 0.5) is 0 Å². The molecule has 1 fully saturated rings. The Bertz CT molecular complexity index is 407. The molecule has 0 saturated carbocycles. The van der Waals surface area contributed by atoms with Gasteiger partial charge in [-0.1, -0.05) is 122 Å². The summed E-state index contributed by atoms with van der Waals surface area (Å²) in [5.74, 6) is -0.183. The van der Waals surface area contributed by atoms with Gasteiger partial charge >= 0.3 is 13.3 Å². The Kier molecular flexibility index (Phi) is 19.5. The van der Waals surface area contributed by atoms with E-state index in [1.54, 1.807) is 0 Å². The van der Waals surface area contributed by atoms with E-state index in [1.165, 1.54) is 109 Å². The predicted octanol–water partition coefficient (Wildman–Crippen LogP) is 6.74. The second-order valence-electron chi connectivity index (χ2n) is 9.20. The Morgan fingerprint density at radius 1 is 0.774 bits per heavy atom. The highest BCUT2D eigenvalue weighted by Gasteiger charge is 2.31. The summed E-state index contributed by atoms with van der Waals surface area (Å²) in [6.45, 7) is 2.72. The third kappa shape index (κ3) is 18.7. The third-order valence-corrected chi connectivity index (χ3v) is 6.15. The fourth-order valence-corrected chi connectivity index (χ4v) is 4.13. The molecule has 0 bridgehead atoms. The summed E-state index contributed by atoms with van der Waals surface area (Å²) >= 11 is 0. The van der Waals surface area contributed by atoms with Crippen LogP contribution in [0.15, 0.2) is 0 Å². The van der Waals surface area contributed by atoms with E-state index >= 15 is 0 Å². The summed E-state index contributed by atoms with van der Waals surface area (Å²) in [7, 11) is -1.18. The minimum absolute atomic E-state index is 0.162. The zero-order chi connectivity index (χ0) is 22.4. The zero-order valence-electron chi connectivity index (χ0n) is 20.3. The molecule has 31 heavy (non-hydrogen) atoms. The lowest BCUT2D eigenvalue weighted by molar-refractivity contribution is -0.146. The van der Waals surface area contributed by atoms with Crippen LogP contribution in [-0.4, -0.2) is 37.6 Å². The van der Waals surface area contributed by atoms with Gasteiger partial charge in [0, 0.05) is 6.42 Å². The van der Waals surface area contributed by atoms with Crippen LogP contribution in [0.2, 0.25) is 0 Å². The van der Waals surface area contributed by atoms with Crippen molar-refractivity contribution in [3.63, 3.8) is 0 Å². The predicted molar refractivity (Wildman–Crippen MR) is 128 cm³/mol. The molecule has 1 aliphatic heterocycles. The molecule has 0 aliphatic carbocycles. The fourth-order valence-electron chi connectivity index (χ4n) is 4.13. The molecule has 1 saturated heterocycles. The summed E-state index contributed by atoms with van der Waals surface area (Å²) in [6, 6.07) is 0. The SMILES string of the molecule is CCCCCCCCCCCCCCCCCCCCCC(=O)OCC1COB(O)O1. The van der Waals surface area contributed by atoms with Crippen molar-refractivity contribution < 1.29 is 23.9 Å². The van der Waals surface area contributed by atoms with Crippen LogP contribution in [0.1, 0.15) is 135 Å². The molecule has 5 nitrogen and oxygen atoms in total. The number of carbonyl (C=O) groups is 1. The summed E-state index contributed by atoms with van der Waals surface area (Å²) in [6.07, 6.45) is 25.7. The molecule has 0 aromatic heterocycles. The molecule has 182 valence electrons. The average molecular weight is 440 g/mol. The number of hydrogen-bond acceptors (Lipinski definition) is 5. The first-order chi connectivity index (χ1) is 15.2. The maximum Gasteiger partial charge on any atom is 0.637 e. The number of esters is 1. The van der Waals surface area contributed by atoms with Gasteiger partial charge in [0.1, 0.15) is 12.7 Å². The van der Waals surface area contributed by atoms with E-state index in [-0.39, 0.29) is 25.3 Å². The van der Waals surface area contributed by atoms with Crippen LogP contribution in [0.25, 0.3) is 0 Å². The minimum atomic E-state index is -1.18. The highest BCUT2D eigenvalue weighted by Crippen LogP contribution is 2.15. The molecule has 0 radical (unpaired) electrons. The first-order valence-corrected chi connectivity index (χ1v) is 13.3. The largest absolute Gasteiger partial charge is 0.637 e. The number of rotatable bonds is 22. The van der Waals surface area contributed by atoms with E-state index < -0.39 is 7.32 Å². The van der Waals surface area contributed by atoms with Gasteiger partial charge in [-0.25, -0.2) is 0 Å². The zero-order valence-corrected chi connectivity index (χ0v) is 20.3. The van der Waals surface area contributed by atoms with E-state index in [1.807, 2.05) is 0 Å². The molecule has 0 aromatic carbocycles. The van der Waals surface area contributed by atoms with Crippen molar-refractivity contribution in [3.8, 4) is 0 Å². The molecule has 1 rings (SSSR count). The Morgan fingerprint density at radius 2 is 1.19 bits per heavy atom. The van der Waals surface area contributed by atoms with Gasteiger partial charge in [0.2, 0.25) is 0 Å². The van der Waals surface area contributed by atoms with Crippen molar-refractivity contribution in [2.75, 3.05) is 13.2 Å². The molecule has 6 heteroatoms. The summed E-state index contributed by atoms with van der Waals surface area (Å²) in [5, 5.41) is 9.06. The first kappa shape index (κ1) is 28.4. The van der Waals surface area contributed by atoms with Crippen LogP contribution in [0.5, 0.6) is 0 Å². The summed E-state index contributed by atoms with van der Waals surface area (Å²) in [5.41, 5.74) is 0. The Hall–Kier alpha value is -0.585. The van der Waals surface area contributed by atoms with Crippen LogP contribution >= 0.6 is 0 Å². The Morgan fingerprint density at radius 3 is 1.58 bits per heavy atom. The highest BCUT2D eigenvalue weighted by atomic mass is 16.7. The lowest BCUT2D eigenvalue weighted by Gasteiger charge is -2.09. The first-order valence-electron chi connectivity index (χ1n) is 13.3. The van der Waals surface area contributed by atoms with Crippen LogP contribution in [0.3, 0.4) is 0 Å². The third-order valence-electron chi connectivity index (χ3n) is 6.15. The second kappa shape index (κ2) is 21.3. The maximum absolute atomic E-state index is 11.7. The van der Waals surface area contributed by atoms with Crippen molar-refractivity contribution in [2.24, 2.45) is 0 Å². The molecular formula is C25H49BO5. The van der Waals surface area contributed by atoms with E-state index in [0.29, 0.717) is 6.42 Å². The van der Waals surface area contributed by atoms with E-state index in [4.69, 9.17) is 19.1 Å². The molecule has 1 N–H and O–H groups in total. The molecule has 1 atom stereocenters. The maximum atomic E-state index is 11.7. The van der Waals surface area contributed by atoms with Crippen molar-refractivity contribution in [3.05, 3.63) is 0 Å². The molecule has 1 aliphatic rings. The van der Waals surface area contributed by atoms with Gasteiger partial charge in [-0.2, -0.15) is 0 Å². The Balaban J connectivity index is 1.69. The van der Waals surface area contributed by atoms with Crippen molar-refractivity contribution in [1.82, 2.24) is 0 Å². The number of hydrogen-bond donors (Lipinski definition) is 1. The van der Waals surface area contributed by atoms with Gasteiger partial charge in [-0.3, -0.25) is 4.79 Å². The van der Waals surface area contributed by atoms with Crippen molar-refractivity contribution >= 4 is 13.3 Å². The average Bonchev–Trinajstić information content (AvgIpc) is 3.19. The highest BCUT2D eigenvalue weighted by molar-refractivity contribution is 6.35. The molecule has 1 unspecified atom stereocenters. The number of unbranched alkanes of at least 4 members (excludes halogenated alkanes) is 18. The fraction of sp³-hybridized carbons (Fsp3) is 0.960. The molecule has 0 aromatic rings. The minimum Gasteiger partial charge on any atom is -0.463 e. The smallest absolute Gasteiger partial charge is 0.463 e. The molecule has 0 amide bonds. The van der Waals surface area contributed by atoms with Gasteiger partial charge in [0.25, 0.3) is 0 Å². The lowest BCUT2D eigenvalue weighted by atomic mass is 10.0. The van der Waals surface area contributed by atoms with Crippen LogP contribution in [-0.2, 0) is 18.8 Å². The van der Waals surface area contributed by atoms with Gasteiger partial charge in [0.15, 0.2) is 0 Å². The molecule has 0 spiro atoms. The van der Waals surface area contributed by atoms with Crippen molar-refractivity contribution in [2.45, 2.75) is 141 Å². The standard InChI is InChI=1S/C25H49BO5/c1-2-3-4-5-6-7-8-9-10-11-12-13-14-15-16-17-18-19-20-21-25(27)29-22-24-23-30-26(28)31-24/h24,28H,2-23H2,1H3. The van der Waals surface area contributed by atoms with E-state index in [9.17, 15) is 4.79 Å². The monoisotopic (exact) mass is 440 g/mol. The van der Waals surface area contributed by atoms with E-state index in [0.717, 1.165) is 12.8 Å². The topological polar surface area (TPSA) is 65.0 Å². The lowest BCUT2D eigenvalue weighted by Crippen LogP contribution is -2.22. The Labute approximate surface area is 192 Å². The summed E-state index contributed by atoms with van der Waals surface area (Å²) in [4.78, 5) is 11.7. The molecular weight excluding hydrogens is 391 g/mol. The van der Waals surface area contributed by atoms with E-state index in [2.05, 4.69) is 6.92 Å². The molecule has 1 heterocycles. The second-order valence-corrected chi connectivity index (χ2v) is 9.20. The van der Waals surface area contributed by atoms with Gasteiger partial charge in [-0.15, -0.1) is 0 Å². The van der Waals surface area contributed by atoms with Gasteiger partial charge < -0.3 is 19.1 Å². The summed E-state index contributed by atoms with van der Waals surface area (Å²) < 4.78 is 15.0. The number of carbonyl (C=O) groups excluding carboxylic acids is 1. The normalized spacial score (nSPS) is 16.2. The van der Waals surface area contributed by atoms with Gasteiger partial charge in [-0.05, 0) is 6.42 Å². The van der Waals surface area contributed by atoms with Crippen molar-refractivity contribution in [1.29, 1.82) is 0 Å². The number of ether oxygens (including phenoxy) is 1. The van der Waals surface area contributed by atoms with Crippen LogP contribution in [0, 0.1) is 0 Å². The quantitative estimate of drug-likeness (QED) is 0.115. The van der Waals surface area contributed by atoms with Crippen LogP contribution < -0.4 is 0 Å². The van der Waals surface area contributed by atoms with Gasteiger partial charge in [0.05, 0.1) is 6.61 Å².